The van der Waals surface area contributed by atoms with Crippen LogP contribution in [-0.2, 0) is 6.18 Å². The minimum atomic E-state index is -4.51. The number of aromatic nitrogens is 2. The molecule has 3 N–H and O–H groups in total. The predicted octanol–water partition coefficient (Wildman–Crippen LogP) is 1.58. The quantitative estimate of drug-likeness (QED) is 0.858. The molecule has 0 amide bonds. The summed E-state index contributed by atoms with van der Waals surface area (Å²) in [6, 6.07) is 1.01. The fourth-order valence-electron chi connectivity index (χ4n) is 2.05. The van der Waals surface area contributed by atoms with Gasteiger partial charge in [0.2, 0.25) is 5.95 Å². The van der Waals surface area contributed by atoms with E-state index >= 15 is 0 Å². The smallest absolute Gasteiger partial charge is 0.368 e. The molecule has 0 spiro atoms. The van der Waals surface area contributed by atoms with Gasteiger partial charge < -0.3 is 16.0 Å². The zero-order valence-corrected chi connectivity index (χ0v) is 10.5. The SMILES string of the molecule is CN1CCC(Nc2cc(C(F)(F)F)nc(N)n2)CC1. The third-order valence-electron chi connectivity index (χ3n) is 3.10. The Bertz CT molecular complexity index is 440. The zero-order valence-electron chi connectivity index (χ0n) is 10.5. The lowest BCUT2D eigenvalue weighted by molar-refractivity contribution is -0.141. The first-order valence-electron chi connectivity index (χ1n) is 6.01. The van der Waals surface area contributed by atoms with Gasteiger partial charge in [-0.15, -0.1) is 0 Å². The van der Waals surface area contributed by atoms with E-state index in [1.165, 1.54) is 0 Å². The summed E-state index contributed by atoms with van der Waals surface area (Å²) in [6.07, 6.45) is -2.79. The number of alkyl halides is 3. The maximum atomic E-state index is 12.6. The van der Waals surface area contributed by atoms with E-state index in [1.54, 1.807) is 0 Å². The standard InChI is InChI=1S/C11H16F3N5/c1-19-4-2-7(3-5-19)16-9-6-8(11(12,13)14)17-10(15)18-9/h6-7H,2-5H2,1H3,(H3,15,16,17,18). The molecule has 2 rings (SSSR count). The van der Waals surface area contributed by atoms with Gasteiger partial charge in [0.1, 0.15) is 5.82 Å². The van der Waals surface area contributed by atoms with Crippen LogP contribution in [0.1, 0.15) is 18.5 Å². The average molecular weight is 275 g/mol. The third kappa shape index (κ3) is 3.69. The highest BCUT2D eigenvalue weighted by molar-refractivity contribution is 5.42. The van der Waals surface area contributed by atoms with E-state index in [0.717, 1.165) is 32.0 Å². The second-order valence-electron chi connectivity index (χ2n) is 4.72. The van der Waals surface area contributed by atoms with Crippen molar-refractivity contribution >= 4 is 11.8 Å². The molecule has 0 aromatic carbocycles. The van der Waals surface area contributed by atoms with Gasteiger partial charge in [-0.2, -0.15) is 18.2 Å². The number of nitrogen functional groups attached to an aromatic ring is 1. The highest BCUT2D eigenvalue weighted by atomic mass is 19.4. The first kappa shape index (κ1) is 13.9. The Labute approximate surface area is 109 Å². The van der Waals surface area contributed by atoms with Crippen LogP contribution in [-0.4, -0.2) is 41.0 Å². The Morgan fingerprint density at radius 1 is 1.32 bits per heavy atom. The van der Waals surface area contributed by atoms with Crippen molar-refractivity contribution in [2.24, 2.45) is 0 Å². The molecule has 0 saturated carbocycles. The number of likely N-dealkylation sites (tertiary alicyclic amines) is 1. The van der Waals surface area contributed by atoms with Crippen LogP contribution in [0, 0.1) is 0 Å². The minimum Gasteiger partial charge on any atom is -0.368 e. The van der Waals surface area contributed by atoms with Crippen molar-refractivity contribution in [3.05, 3.63) is 11.8 Å². The molecule has 1 saturated heterocycles. The van der Waals surface area contributed by atoms with Crippen molar-refractivity contribution in [1.29, 1.82) is 0 Å². The fraction of sp³-hybridized carbons (Fsp3) is 0.636. The molecule has 19 heavy (non-hydrogen) atoms. The lowest BCUT2D eigenvalue weighted by Gasteiger charge is -2.29. The maximum absolute atomic E-state index is 12.6. The van der Waals surface area contributed by atoms with Crippen LogP contribution >= 0.6 is 0 Å². The largest absolute Gasteiger partial charge is 0.433 e. The topological polar surface area (TPSA) is 67.1 Å². The summed E-state index contributed by atoms with van der Waals surface area (Å²) >= 11 is 0. The molecule has 1 aromatic rings. The van der Waals surface area contributed by atoms with E-state index < -0.39 is 11.9 Å². The predicted molar refractivity (Wildman–Crippen MR) is 65.6 cm³/mol. The van der Waals surface area contributed by atoms with Gasteiger partial charge in [-0.05, 0) is 33.0 Å². The molecule has 0 unspecified atom stereocenters. The Kier molecular flexibility index (Phi) is 3.79. The van der Waals surface area contributed by atoms with Gasteiger partial charge in [-0.3, -0.25) is 0 Å². The van der Waals surface area contributed by atoms with Crippen molar-refractivity contribution in [2.75, 3.05) is 31.2 Å². The Balaban J connectivity index is 2.10. The minimum absolute atomic E-state index is 0.117. The number of anilines is 2. The molecule has 1 aromatic heterocycles. The summed E-state index contributed by atoms with van der Waals surface area (Å²) in [6.45, 7) is 1.81. The molecule has 106 valence electrons. The summed E-state index contributed by atoms with van der Waals surface area (Å²) < 4.78 is 37.8. The Hall–Kier alpha value is -1.57. The first-order valence-corrected chi connectivity index (χ1v) is 6.01. The molecule has 1 aliphatic rings. The number of hydrogen-bond acceptors (Lipinski definition) is 5. The van der Waals surface area contributed by atoms with Crippen molar-refractivity contribution in [3.63, 3.8) is 0 Å². The normalized spacial score (nSPS) is 18.5. The molecule has 0 radical (unpaired) electrons. The first-order chi connectivity index (χ1) is 8.84. The lowest BCUT2D eigenvalue weighted by atomic mass is 10.1. The Morgan fingerprint density at radius 2 is 1.95 bits per heavy atom. The zero-order chi connectivity index (χ0) is 14.0. The van der Waals surface area contributed by atoms with E-state index in [-0.39, 0.29) is 17.8 Å². The highest BCUT2D eigenvalue weighted by Gasteiger charge is 2.33. The van der Waals surface area contributed by atoms with E-state index in [9.17, 15) is 13.2 Å². The molecule has 1 fully saturated rings. The molecule has 1 aliphatic heterocycles. The number of halogens is 3. The summed E-state index contributed by atoms with van der Waals surface area (Å²) in [5, 5.41) is 3.00. The van der Waals surface area contributed by atoms with Gasteiger partial charge in [-0.1, -0.05) is 0 Å². The van der Waals surface area contributed by atoms with Crippen LogP contribution in [0.5, 0.6) is 0 Å². The second-order valence-corrected chi connectivity index (χ2v) is 4.72. The molecule has 2 heterocycles. The molecule has 8 heteroatoms. The van der Waals surface area contributed by atoms with Gasteiger partial charge in [0.25, 0.3) is 0 Å². The van der Waals surface area contributed by atoms with E-state index in [2.05, 4.69) is 20.2 Å². The fourth-order valence-corrected chi connectivity index (χ4v) is 2.05. The molecule has 0 bridgehead atoms. The van der Waals surface area contributed by atoms with Crippen molar-refractivity contribution in [1.82, 2.24) is 14.9 Å². The summed E-state index contributed by atoms with van der Waals surface area (Å²) in [5.41, 5.74) is 4.29. The van der Waals surface area contributed by atoms with Crippen molar-refractivity contribution in [3.8, 4) is 0 Å². The van der Waals surface area contributed by atoms with Gasteiger partial charge in [0.15, 0.2) is 5.69 Å². The van der Waals surface area contributed by atoms with E-state index in [1.807, 2.05) is 7.05 Å². The van der Waals surface area contributed by atoms with Crippen LogP contribution in [0.15, 0.2) is 6.07 Å². The maximum Gasteiger partial charge on any atom is 0.433 e. The number of nitrogens with two attached hydrogens (primary N) is 1. The van der Waals surface area contributed by atoms with Gasteiger partial charge in [0, 0.05) is 12.1 Å². The number of nitrogens with zero attached hydrogens (tertiary/aromatic N) is 3. The monoisotopic (exact) mass is 275 g/mol. The van der Waals surface area contributed by atoms with Crippen LogP contribution in [0.4, 0.5) is 24.9 Å². The molecule has 0 atom stereocenters. The molecule has 5 nitrogen and oxygen atoms in total. The van der Waals surface area contributed by atoms with Crippen LogP contribution in [0.25, 0.3) is 0 Å². The summed E-state index contributed by atoms with van der Waals surface area (Å²) in [5.74, 6) is -0.236. The van der Waals surface area contributed by atoms with Crippen LogP contribution < -0.4 is 11.1 Å². The Morgan fingerprint density at radius 3 is 2.53 bits per heavy atom. The number of rotatable bonds is 2. The molecular weight excluding hydrogens is 259 g/mol. The third-order valence-corrected chi connectivity index (χ3v) is 3.10. The average Bonchev–Trinajstić information content (AvgIpc) is 2.30. The van der Waals surface area contributed by atoms with E-state index in [4.69, 9.17) is 5.73 Å². The lowest BCUT2D eigenvalue weighted by Crippen LogP contribution is -2.37. The second kappa shape index (κ2) is 5.20. The molecular formula is C11H16F3N5. The number of piperidine rings is 1. The van der Waals surface area contributed by atoms with Gasteiger partial charge >= 0.3 is 6.18 Å². The van der Waals surface area contributed by atoms with E-state index in [0.29, 0.717) is 0 Å². The summed E-state index contributed by atoms with van der Waals surface area (Å²) in [7, 11) is 2.01. The van der Waals surface area contributed by atoms with Gasteiger partial charge in [-0.25, -0.2) is 4.98 Å². The number of hydrogen-bond donors (Lipinski definition) is 2. The highest BCUT2D eigenvalue weighted by Crippen LogP contribution is 2.29. The van der Waals surface area contributed by atoms with Crippen LogP contribution in [0.2, 0.25) is 0 Å². The van der Waals surface area contributed by atoms with Crippen molar-refractivity contribution in [2.45, 2.75) is 25.1 Å². The van der Waals surface area contributed by atoms with Crippen LogP contribution in [0.3, 0.4) is 0 Å². The van der Waals surface area contributed by atoms with Gasteiger partial charge in [0.05, 0.1) is 0 Å². The molecule has 0 aliphatic carbocycles. The van der Waals surface area contributed by atoms with Crippen molar-refractivity contribution < 1.29 is 13.2 Å². The summed E-state index contributed by atoms with van der Waals surface area (Å²) in [4.78, 5) is 9.18. The number of nitrogens with one attached hydrogen (secondary N) is 1.